The average Bonchev–Trinajstić information content (AvgIpc) is 2.95. The second-order valence-corrected chi connectivity index (χ2v) is 6.95. The van der Waals surface area contributed by atoms with Gasteiger partial charge in [-0.3, -0.25) is 19.3 Å². The monoisotopic (exact) mass is 396 g/mol. The number of nitrogens with one attached hydrogen (secondary N) is 1. The number of aromatic carboxylic acids is 1. The average molecular weight is 396 g/mol. The third-order valence-corrected chi connectivity index (χ3v) is 4.87. The molecule has 0 bridgehead atoms. The fourth-order valence-electron chi connectivity index (χ4n) is 2.50. The molecule has 0 atom stereocenters. The molecule has 1 fully saturated rings. The lowest BCUT2D eigenvalue weighted by Gasteiger charge is -2.12. The lowest BCUT2D eigenvalue weighted by molar-refractivity contribution is -0.129. The van der Waals surface area contributed by atoms with Gasteiger partial charge in [0.15, 0.2) is 0 Å². The van der Waals surface area contributed by atoms with Gasteiger partial charge in [0.05, 0.1) is 10.5 Å². The van der Waals surface area contributed by atoms with E-state index in [0.717, 1.165) is 22.2 Å². The maximum Gasteiger partial charge on any atom is 0.335 e. The highest BCUT2D eigenvalue weighted by Gasteiger charge is 2.36. The van der Waals surface area contributed by atoms with E-state index < -0.39 is 23.0 Å². The van der Waals surface area contributed by atoms with Gasteiger partial charge >= 0.3 is 5.97 Å². The quantitative estimate of drug-likeness (QED) is 0.728. The largest absolute Gasteiger partial charge is 0.478 e. The molecule has 0 aromatic heterocycles. The first-order chi connectivity index (χ1) is 13.4. The van der Waals surface area contributed by atoms with Gasteiger partial charge in [0, 0.05) is 6.54 Å². The Bertz CT molecular complexity index is 954. The van der Waals surface area contributed by atoms with Gasteiger partial charge < -0.3 is 10.4 Å². The summed E-state index contributed by atoms with van der Waals surface area (Å²) in [6.45, 7) is -0.210. The molecule has 2 aromatic rings. The second kappa shape index (κ2) is 8.53. The van der Waals surface area contributed by atoms with Crippen LogP contribution in [-0.4, -0.2) is 39.6 Å². The SMILES string of the molecule is O=C(CN1C(=O)S/C(=C/c2ccccc2)C1=O)NCc1ccc(C(=O)O)cc1. The van der Waals surface area contributed by atoms with Crippen molar-refractivity contribution >= 4 is 40.9 Å². The molecule has 7 nitrogen and oxygen atoms in total. The van der Waals surface area contributed by atoms with E-state index in [1.807, 2.05) is 30.3 Å². The minimum atomic E-state index is -1.03. The predicted octanol–water partition coefficient (Wildman–Crippen LogP) is 2.74. The van der Waals surface area contributed by atoms with Crippen molar-refractivity contribution in [2.45, 2.75) is 6.54 Å². The normalized spacial score (nSPS) is 15.1. The number of carbonyl (C=O) groups excluding carboxylic acids is 3. The zero-order valence-electron chi connectivity index (χ0n) is 14.6. The van der Waals surface area contributed by atoms with E-state index in [1.54, 1.807) is 18.2 Å². The zero-order chi connectivity index (χ0) is 20.1. The van der Waals surface area contributed by atoms with E-state index in [4.69, 9.17) is 5.11 Å². The Morgan fingerprint density at radius 3 is 2.36 bits per heavy atom. The predicted molar refractivity (Wildman–Crippen MR) is 104 cm³/mol. The highest BCUT2D eigenvalue weighted by atomic mass is 32.2. The van der Waals surface area contributed by atoms with Crippen molar-refractivity contribution < 1.29 is 24.3 Å². The van der Waals surface area contributed by atoms with Crippen LogP contribution >= 0.6 is 11.8 Å². The summed E-state index contributed by atoms with van der Waals surface area (Å²) in [5.74, 6) is -2.01. The topological polar surface area (TPSA) is 104 Å². The summed E-state index contributed by atoms with van der Waals surface area (Å²) in [6.07, 6.45) is 1.62. The minimum absolute atomic E-state index is 0.151. The van der Waals surface area contributed by atoms with Crippen LogP contribution in [-0.2, 0) is 16.1 Å². The molecule has 28 heavy (non-hydrogen) atoms. The van der Waals surface area contributed by atoms with Gasteiger partial charge in [-0.15, -0.1) is 0 Å². The van der Waals surface area contributed by atoms with Crippen LogP contribution in [0.3, 0.4) is 0 Å². The molecule has 0 radical (unpaired) electrons. The van der Waals surface area contributed by atoms with Crippen LogP contribution in [0.4, 0.5) is 4.79 Å². The minimum Gasteiger partial charge on any atom is -0.478 e. The Balaban J connectivity index is 1.57. The van der Waals surface area contributed by atoms with Crippen molar-refractivity contribution in [2.75, 3.05) is 6.54 Å². The third-order valence-electron chi connectivity index (χ3n) is 3.96. The molecule has 2 N–H and O–H groups in total. The maximum absolute atomic E-state index is 12.4. The van der Waals surface area contributed by atoms with Crippen molar-refractivity contribution in [3.63, 3.8) is 0 Å². The molecule has 0 unspecified atom stereocenters. The smallest absolute Gasteiger partial charge is 0.335 e. The van der Waals surface area contributed by atoms with Gasteiger partial charge in [-0.05, 0) is 41.1 Å². The molecular formula is C20H16N2O5S. The summed E-state index contributed by atoms with van der Waals surface area (Å²) in [5.41, 5.74) is 1.65. The van der Waals surface area contributed by atoms with E-state index >= 15 is 0 Å². The van der Waals surface area contributed by atoms with Crippen LogP contribution in [0.15, 0.2) is 59.5 Å². The van der Waals surface area contributed by atoms with Gasteiger partial charge in [0.2, 0.25) is 5.91 Å². The lowest BCUT2D eigenvalue weighted by Crippen LogP contribution is -2.39. The number of imide groups is 1. The number of benzene rings is 2. The number of carbonyl (C=O) groups is 4. The van der Waals surface area contributed by atoms with Crippen LogP contribution in [0.5, 0.6) is 0 Å². The van der Waals surface area contributed by atoms with Crippen molar-refractivity contribution in [1.82, 2.24) is 10.2 Å². The standard InChI is InChI=1S/C20H16N2O5S/c23-17(21-11-14-6-8-15(9-7-14)19(25)26)12-22-18(24)16(28-20(22)27)10-13-4-2-1-3-5-13/h1-10H,11-12H2,(H,21,23)(H,25,26)/b16-10+. The fourth-order valence-corrected chi connectivity index (χ4v) is 3.34. The van der Waals surface area contributed by atoms with E-state index in [9.17, 15) is 19.2 Å². The summed E-state index contributed by atoms with van der Waals surface area (Å²) in [7, 11) is 0. The first-order valence-corrected chi connectivity index (χ1v) is 9.15. The first-order valence-electron chi connectivity index (χ1n) is 8.33. The number of hydrogen-bond acceptors (Lipinski definition) is 5. The van der Waals surface area contributed by atoms with Crippen molar-refractivity contribution in [2.24, 2.45) is 0 Å². The lowest BCUT2D eigenvalue weighted by atomic mass is 10.1. The van der Waals surface area contributed by atoms with Gasteiger partial charge in [0.1, 0.15) is 6.54 Å². The summed E-state index contributed by atoms with van der Waals surface area (Å²) in [6, 6.07) is 15.2. The van der Waals surface area contributed by atoms with Crippen LogP contribution in [0.1, 0.15) is 21.5 Å². The molecule has 8 heteroatoms. The number of carboxylic acid groups (broad SMARTS) is 1. The summed E-state index contributed by atoms with van der Waals surface area (Å²) >= 11 is 0.800. The van der Waals surface area contributed by atoms with Gasteiger partial charge in [-0.1, -0.05) is 42.5 Å². The molecule has 0 spiro atoms. The van der Waals surface area contributed by atoms with Crippen LogP contribution < -0.4 is 5.32 Å². The molecule has 1 aliphatic rings. The summed E-state index contributed by atoms with van der Waals surface area (Å²) in [5, 5.41) is 11.0. The summed E-state index contributed by atoms with van der Waals surface area (Å²) in [4.78, 5) is 48.6. The molecule has 0 saturated carbocycles. The molecule has 1 saturated heterocycles. The Hall–Kier alpha value is -3.39. The van der Waals surface area contributed by atoms with Crippen molar-refractivity contribution in [3.8, 4) is 0 Å². The number of hydrogen-bond donors (Lipinski definition) is 2. The second-order valence-electron chi connectivity index (χ2n) is 5.96. The van der Waals surface area contributed by atoms with Gasteiger partial charge in [0.25, 0.3) is 11.1 Å². The summed E-state index contributed by atoms with van der Waals surface area (Å²) < 4.78 is 0. The van der Waals surface area contributed by atoms with Crippen LogP contribution in [0.2, 0.25) is 0 Å². The Kier molecular flexibility index (Phi) is 5.90. The fraction of sp³-hybridized carbons (Fsp3) is 0.100. The number of carboxylic acids is 1. The molecule has 3 rings (SSSR count). The molecule has 142 valence electrons. The maximum atomic E-state index is 12.4. The van der Waals surface area contributed by atoms with E-state index in [0.29, 0.717) is 5.56 Å². The first kappa shape index (κ1) is 19.4. The van der Waals surface area contributed by atoms with Crippen LogP contribution in [0.25, 0.3) is 6.08 Å². The van der Waals surface area contributed by atoms with Crippen molar-refractivity contribution in [1.29, 1.82) is 0 Å². The molecular weight excluding hydrogens is 380 g/mol. The molecule has 1 aliphatic heterocycles. The highest BCUT2D eigenvalue weighted by Crippen LogP contribution is 2.31. The molecule has 1 heterocycles. The molecule has 2 aromatic carbocycles. The Labute approximate surface area is 165 Å². The van der Waals surface area contributed by atoms with Crippen LogP contribution in [0, 0.1) is 0 Å². The Morgan fingerprint density at radius 2 is 1.71 bits per heavy atom. The number of thioether (sulfide) groups is 1. The number of rotatable bonds is 6. The van der Waals surface area contributed by atoms with Gasteiger partial charge in [-0.25, -0.2) is 4.79 Å². The van der Waals surface area contributed by atoms with Crippen molar-refractivity contribution in [3.05, 3.63) is 76.2 Å². The van der Waals surface area contributed by atoms with E-state index in [1.165, 1.54) is 12.1 Å². The zero-order valence-corrected chi connectivity index (χ0v) is 15.4. The van der Waals surface area contributed by atoms with E-state index in [2.05, 4.69) is 5.32 Å². The highest BCUT2D eigenvalue weighted by molar-refractivity contribution is 8.18. The van der Waals surface area contributed by atoms with Gasteiger partial charge in [-0.2, -0.15) is 0 Å². The van der Waals surface area contributed by atoms with E-state index in [-0.39, 0.29) is 23.6 Å². The number of amides is 3. The number of nitrogens with zero attached hydrogens (tertiary/aromatic N) is 1. The third kappa shape index (κ3) is 4.66. The Morgan fingerprint density at radius 1 is 1.04 bits per heavy atom. The molecule has 3 amide bonds. The molecule has 0 aliphatic carbocycles.